The molecule has 1 aromatic carbocycles. The van der Waals surface area contributed by atoms with Gasteiger partial charge in [-0.05, 0) is 41.4 Å². The van der Waals surface area contributed by atoms with E-state index < -0.39 is 6.17 Å². The molecule has 3 heteroatoms. The average Bonchev–Trinajstić information content (AvgIpc) is 2.82. The molecule has 0 aliphatic carbocycles. The van der Waals surface area contributed by atoms with Crippen molar-refractivity contribution in [3.05, 3.63) is 35.2 Å². The number of hydrogen-bond donors (Lipinski definition) is 1. The number of hydrogen-bond acceptors (Lipinski definition) is 2. The molecule has 2 unspecified atom stereocenters. The Balaban J connectivity index is 2.24. The van der Waals surface area contributed by atoms with E-state index >= 15 is 0 Å². The molecule has 0 saturated heterocycles. The highest BCUT2D eigenvalue weighted by molar-refractivity contribution is 7.17. The summed E-state index contributed by atoms with van der Waals surface area (Å²) in [5, 5.41) is 6.44. The molecule has 17 heavy (non-hydrogen) atoms. The summed E-state index contributed by atoms with van der Waals surface area (Å²) in [7, 11) is 0. The van der Waals surface area contributed by atoms with Gasteiger partial charge in [-0.15, -0.1) is 11.3 Å². The van der Waals surface area contributed by atoms with Crippen molar-refractivity contribution in [3.63, 3.8) is 0 Å². The van der Waals surface area contributed by atoms with E-state index in [9.17, 15) is 4.39 Å². The van der Waals surface area contributed by atoms with Gasteiger partial charge < -0.3 is 5.32 Å². The van der Waals surface area contributed by atoms with Crippen LogP contribution in [-0.2, 0) is 0 Å². The molecule has 0 fully saturated rings. The van der Waals surface area contributed by atoms with E-state index in [1.165, 1.54) is 5.39 Å². The molecule has 1 nitrogen and oxygen atoms in total. The second-order valence-corrected chi connectivity index (χ2v) is 5.14. The summed E-state index contributed by atoms with van der Waals surface area (Å²) < 4.78 is 15.5. The zero-order valence-electron chi connectivity index (χ0n) is 10.2. The molecule has 0 spiro atoms. The van der Waals surface area contributed by atoms with Crippen LogP contribution in [0.15, 0.2) is 29.6 Å². The second kappa shape index (κ2) is 5.61. The van der Waals surface area contributed by atoms with Crippen molar-refractivity contribution in [2.24, 2.45) is 0 Å². The van der Waals surface area contributed by atoms with E-state index in [4.69, 9.17) is 0 Å². The maximum absolute atomic E-state index is 14.4. The molecule has 0 saturated carbocycles. The third-order valence-electron chi connectivity index (χ3n) is 3.06. The highest BCUT2D eigenvalue weighted by Crippen LogP contribution is 2.29. The first-order valence-corrected chi connectivity index (χ1v) is 6.98. The molecule has 2 rings (SSSR count). The third-order valence-corrected chi connectivity index (χ3v) is 3.94. The van der Waals surface area contributed by atoms with E-state index in [2.05, 4.69) is 11.4 Å². The Morgan fingerprint density at radius 2 is 2.12 bits per heavy atom. The lowest BCUT2D eigenvalue weighted by atomic mass is 10.0. The number of fused-ring (bicyclic) bond motifs is 1. The van der Waals surface area contributed by atoms with Crippen molar-refractivity contribution < 1.29 is 4.39 Å². The van der Waals surface area contributed by atoms with Crippen LogP contribution in [0.4, 0.5) is 4.39 Å². The normalized spacial score (nSPS) is 15.0. The van der Waals surface area contributed by atoms with Gasteiger partial charge in [-0.25, -0.2) is 4.39 Å². The minimum absolute atomic E-state index is 0.0857. The van der Waals surface area contributed by atoms with Crippen LogP contribution in [0.2, 0.25) is 0 Å². The Bertz CT molecular complexity index is 480. The standard InChI is InChI=1S/C14H18FNS/c1-3-12(16-4-2)14(15)11-6-5-10-7-8-17-13(10)9-11/h5-9,12,14,16H,3-4H2,1-2H3. The lowest BCUT2D eigenvalue weighted by Crippen LogP contribution is -2.32. The molecular formula is C14H18FNS. The number of rotatable bonds is 5. The molecule has 0 bridgehead atoms. The molecule has 92 valence electrons. The largest absolute Gasteiger partial charge is 0.311 e. The predicted molar refractivity (Wildman–Crippen MR) is 73.4 cm³/mol. The lowest BCUT2D eigenvalue weighted by Gasteiger charge is -2.20. The van der Waals surface area contributed by atoms with Crippen LogP contribution in [0.3, 0.4) is 0 Å². The monoisotopic (exact) mass is 251 g/mol. The van der Waals surface area contributed by atoms with Crippen molar-refractivity contribution in [2.75, 3.05) is 6.54 Å². The number of nitrogens with one attached hydrogen (secondary N) is 1. The first kappa shape index (κ1) is 12.5. The summed E-state index contributed by atoms with van der Waals surface area (Å²) in [6.07, 6.45) is -0.122. The molecule has 0 amide bonds. The average molecular weight is 251 g/mol. The van der Waals surface area contributed by atoms with Gasteiger partial charge in [-0.2, -0.15) is 0 Å². The lowest BCUT2D eigenvalue weighted by molar-refractivity contribution is 0.250. The summed E-state index contributed by atoms with van der Waals surface area (Å²) in [5.74, 6) is 0. The second-order valence-electron chi connectivity index (χ2n) is 4.19. The van der Waals surface area contributed by atoms with Crippen LogP contribution in [0, 0.1) is 0 Å². The van der Waals surface area contributed by atoms with Crippen LogP contribution in [0.1, 0.15) is 32.0 Å². The first-order chi connectivity index (χ1) is 8.26. The van der Waals surface area contributed by atoms with Gasteiger partial charge >= 0.3 is 0 Å². The quantitative estimate of drug-likeness (QED) is 0.835. The number of alkyl halides is 1. The number of likely N-dealkylation sites (N-methyl/N-ethyl adjacent to an activating group) is 1. The summed E-state index contributed by atoms with van der Waals surface area (Å²) in [4.78, 5) is 0. The van der Waals surface area contributed by atoms with Gasteiger partial charge in [0.2, 0.25) is 0 Å². The van der Waals surface area contributed by atoms with E-state index in [1.807, 2.05) is 37.4 Å². The number of benzene rings is 1. The van der Waals surface area contributed by atoms with E-state index in [0.29, 0.717) is 0 Å². The minimum Gasteiger partial charge on any atom is -0.311 e. The molecule has 2 aromatic rings. The van der Waals surface area contributed by atoms with E-state index in [-0.39, 0.29) is 6.04 Å². The molecule has 0 aliphatic rings. The molecule has 1 N–H and O–H groups in total. The van der Waals surface area contributed by atoms with Crippen molar-refractivity contribution >= 4 is 21.4 Å². The zero-order valence-corrected chi connectivity index (χ0v) is 11.1. The van der Waals surface area contributed by atoms with Gasteiger partial charge in [0.15, 0.2) is 0 Å². The Morgan fingerprint density at radius 1 is 1.29 bits per heavy atom. The third kappa shape index (κ3) is 2.67. The first-order valence-electron chi connectivity index (χ1n) is 6.10. The SMILES string of the molecule is CCNC(CC)C(F)c1ccc2ccsc2c1. The van der Waals surface area contributed by atoms with Crippen LogP contribution >= 0.6 is 11.3 Å². The Morgan fingerprint density at radius 3 is 2.82 bits per heavy atom. The molecule has 0 radical (unpaired) electrons. The van der Waals surface area contributed by atoms with Crippen molar-refractivity contribution in [1.82, 2.24) is 5.32 Å². The summed E-state index contributed by atoms with van der Waals surface area (Å²) in [6.45, 7) is 4.83. The highest BCUT2D eigenvalue weighted by Gasteiger charge is 2.20. The van der Waals surface area contributed by atoms with Gasteiger partial charge in [0, 0.05) is 10.7 Å². The maximum Gasteiger partial charge on any atom is 0.140 e. The molecule has 1 aromatic heterocycles. The fourth-order valence-electron chi connectivity index (χ4n) is 2.09. The van der Waals surface area contributed by atoms with Crippen LogP contribution in [0.5, 0.6) is 0 Å². The topological polar surface area (TPSA) is 12.0 Å². The molecule has 2 atom stereocenters. The van der Waals surface area contributed by atoms with Gasteiger partial charge in [-0.1, -0.05) is 26.0 Å². The Hall–Kier alpha value is -0.930. The van der Waals surface area contributed by atoms with Crippen molar-refractivity contribution in [1.29, 1.82) is 0 Å². The predicted octanol–water partition coefficient (Wildman–Crippen LogP) is 4.30. The fourth-order valence-corrected chi connectivity index (χ4v) is 2.93. The van der Waals surface area contributed by atoms with Crippen LogP contribution < -0.4 is 5.32 Å². The summed E-state index contributed by atoms with van der Waals surface area (Å²) in [6, 6.07) is 7.87. The van der Waals surface area contributed by atoms with Gasteiger partial charge in [0.1, 0.15) is 6.17 Å². The molecular weight excluding hydrogens is 233 g/mol. The number of halogens is 1. The smallest absolute Gasteiger partial charge is 0.140 e. The summed E-state index contributed by atoms with van der Waals surface area (Å²) >= 11 is 1.66. The van der Waals surface area contributed by atoms with Gasteiger partial charge in [0.25, 0.3) is 0 Å². The Labute approximate surface area is 106 Å². The highest BCUT2D eigenvalue weighted by atomic mass is 32.1. The fraction of sp³-hybridized carbons (Fsp3) is 0.429. The molecule has 1 heterocycles. The Kier molecular flexibility index (Phi) is 4.13. The zero-order chi connectivity index (χ0) is 12.3. The summed E-state index contributed by atoms with van der Waals surface area (Å²) in [5.41, 5.74) is 0.785. The van der Waals surface area contributed by atoms with Gasteiger partial charge in [-0.3, -0.25) is 0 Å². The minimum atomic E-state index is -0.925. The number of thiophene rings is 1. The van der Waals surface area contributed by atoms with Crippen molar-refractivity contribution in [3.8, 4) is 0 Å². The van der Waals surface area contributed by atoms with Crippen LogP contribution in [0.25, 0.3) is 10.1 Å². The van der Waals surface area contributed by atoms with E-state index in [0.717, 1.165) is 23.2 Å². The van der Waals surface area contributed by atoms with E-state index in [1.54, 1.807) is 11.3 Å². The maximum atomic E-state index is 14.4. The molecule has 0 aliphatic heterocycles. The van der Waals surface area contributed by atoms with Crippen LogP contribution in [-0.4, -0.2) is 12.6 Å². The van der Waals surface area contributed by atoms with Gasteiger partial charge in [0.05, 0.1) is 0 Å². The van der Waals surface area contributed by atoms with Crippen molar-refractivity contribution in [2.45, 2.75) is 32.5 Å².